The SMILES string of the molecule is C=C(CCl)CC1(C(=O)OC)CCCN1C(=O)OC(C)(C)C. The zero-order valence-electron chi connectivity index (χ0n) is 13.2. The summed E-state index contributed by atoms with van der Waals surface area (Å²) < 4.78 is 10.3. The van der Waals surface area contributed by atoms with Crippen molar-refractivity contribution in [2.75, 3.05) is 19.5 Å². The van der Waals surface area contributed by atoms with E-state index in [1.54, 1.807) is 20.8 Å². The maximum Gasteiger partial charge on any atom is 0.411 e. The first-order chi connectivity index (χ1) is 9.66. The molecule has 21 heavy (non-hydrogen) atoms. The molecule has 0 aromatic carbocycles. The molecule has 120 valence electrons. The van der Waals surface area contributed by atoms with Crippen molar-refractivity contribution in [2.24, 2.45) is 0 Å². The summed E-state index contributed by atoms with van der Waals surface area (Å²) in [5.41, 5.74) is -0.980. The van der Waals surface area contributed by atoms with Crippen molar-refractivity contribution in [3.05, 3.63) is 12.2 Å². The molecule has 0 N–H and O–H groups in total. The van der Waals surface area contributed by atoms with Gasteiger partial charge in [0.15, 0.2) is 0 Å². The zero-order valence-corrected chi connectivity index (χ0v) is 14.0. The Morgan fingerprint density at radius 3 is 2.48 bits per heavy atom. The van der Waals surface area contributed by atoms with Gasteiger partial charge in [-0.25, -0.2) is 9.59 Å². The molecule has 0 aromatic rings. The van der Waals surface area contributed by atoms with Gasteiger partial charge >= 0.3 is 12.1 Å². The highest BCUT2D eigenvalue weighted by Crippen LogP contribution is 2.37. The molecule has 0 aromatic heterocycles. The molecule has 1 aliphatic rings. The number of carbonyl (C=O) groups excluding carboxylic acids is 2. The molecule has 1 rings (SSSR count). The lowest BCUT2D eigenvalue weighted by atomic mass is 9.89. The Labute approximate surface area is 131 Å². The van der Waals surface area contributed by atoms with E-state index in [0.29, 0.717) is 31.4 Å². The molecular formula is C15H24ClNO4. The Morgan fingerprint density at radius 1 is 1.38 bits per heavy atom. The maximum absolute atomic E-state index is 12.4. The molecule has 5 nitrogen and oxygen atoms in total. The van der Waals surface area contributed by atoms with Crippen LogP contribution >= 0.6 is 11.6 Å². The Balaban J connectivity index is 3.07. The second kappa shape index (κ2) is 6.69. The normalized spacial score (nSPS) is 22.0. The van der Waals surface area contributed by atoms with Crippen LogP contribution in [-0.2, 0) is 14.3 Å². The topological polar surface area (TPSA) is 55.8 Å². The lowest BCUT2D eigenvalue weighted by Gasteiger charge is -2.37. The highest BCUT2D eigenvalue weighted by Gasteiger charge is 2.52. The smallest absolute Gasteiger partial charge is 0.411 e. The van der Waals surface area contributed by atoms with Gasteiger partial charge in [-0.3, -0.25) is 4.90 Å². The van der Waals surface area contributed by atoms with Crippen molar-refractivity contribution in [1.29, 1.82) is 0 Å². The summed E-state index contributed by atoms with van der Waals surface area (Å²) >= 11 is 5.79. The highest BCUT2D eigenvalue weighted by molar-refractivity contribution is 6.19. The highest BCUT2D eigenvalue weighted by atomic mass is 35.5. The van der Waals surface area contributed by atoms with Crippen molar-refractivity contribution < 1.29 is 19.1 Å². The van der Waals surface area contributed by atoms with Gasteiger partial charge in [-0.15, -0.1) is 11.6 Å². The molecule has 1 aliphatic heterocycles. The largest absolute Gasteiger partial charge is 0.467 e. The summed E-state index contributed by atoms with van der Waals surface area (Å²) in [5.74, 6) is -0.210. The number of amides is 1. The van der Waals surface area contributed by atoms with Gasteiger partial charge in [0.05, 0.1) is 7.11 Å². The lowest BCUT2D eigenvalue weighted by molar-refractivity contribution is -0.153. The van der Waals surface area contributed by atoms with E-state index < -0.39 is 23.2 Å². The Bertz CT molecular complexity index is 430. The Morgan fingerprint density at radius 2 is 2.00 bits per heavy atom. The second-order valence-electron chi connectivity index (χ2n) is 6.32. The number of halogens is 1. The molecule has 1 amide bonds. The number of methoxy groups -OCH3 is 1. The molecule has 1 saturated heterocycles. The van der Waals surface area contributed by atoms with Crippen LogP contribution in [0.25, 0.3) is 0 Å². The van der Waals surface area contributed by atoms with Crippen LogP contribution in [0.2, 0.25) is 0 Å². The van der Waals surface area contributed by atoms with Crippen molar-refractivity contribution >= 4 is 23.7 Å². The zero-order chi connectivity index (χ0) is 16.3. The minimum absolute atomic E-state index is 0.237. The van der Waals surface area contributed by atoms with Crippen LogP contribution in [0.4, 0.5) is 4.79 Å². The fourth-order valence-electron chi connectivity index (χ4n) is 2.58. The molecular weight excluding hydrogens is 294 g/mol. The second-order valence-corrected chi connectivity index (χ2v) is 6.59. The molecule has 1 fully saturated rings. The van der Waals surface area contributed by atoms with Gasteiger partial charge in [0.2, 0.25) is 0 Å². The third kappa shape index (κ3) is 4.13. The van der Waals surface area contributed by atoms with Gasteiger partial charge in [0.25, 0.3) is 0 Å². The number of esters is 1. The first-order valence-electron chi connectivity index (χ1n) is 6.98. The van der Waals surface area contributed by atoms with E-state index in [1.165, 1.54) is 12.0 Å². The van der Waals surface area contributed by atoms with Crippen molar-refractivity contribution in [1.82, 2.24) is 4.90 Å². The van der Waals surface area contributed by atoms with Crippen LogP contribution in [0.1, 0.15) is 40.0 Å². The Hall–Kier alpha value is -1.23. The van der Waals surface area contributed by atoms with Crippen molar-refractivity contribution in [3.8, 4) is 0 Å². The minimum atomic E-state index is -1.05. The van der Waals surface area contributed by atoms with Crippen LogP contribution in [0.5, 0.6) is 0 Å². The predicted octanol–water partition coefficient (Wildman–Crippen LogP) is 3.11. The van der Waals surface area contributed by atoms with E-state index in [0.717, 1.165) is 0 Å². The summed E-state index contributed by atoms with van der Waals surface area (Å²) in [6.45, 7) is 9.68. The number of rotatable bonds is 4. The summed E-state index contributed by atoms with van der Waals surface area (Å²) in [5, 5.41) is 0. The van der Waals surface area contributed by atoms with Gasteiger partial charge in [-0.2, -0.15) is 0 Å². The number of alkyl halides is 1. The summed E-state index contributed by atoms with van der Waals surface area (Å²) in [7, 11) is 1.32. The van der Waals surface area contributed by atoms with Crippen molar-refractivity contribution in [2.45, 2.75) is 51.2 Å². The molecule has 0 saturated carbocycles. The first kappa shape index (κ1) is 17.8. The fraction of sp³-hybridized carbons (Fsp3) is 0.733. The molecule has 6 heteroatoms. The van der Waals surface area contributed by atoms with Gasteiger partial charge in [-0.1, -0.05) is 12.2 Å². The van der Waals surface area contributed by atoms with Gasteiger partial charge in [0, 0.05) is 18.8 Å². The van der Waals surface area contributed by atoms with E-state index in [-0.39, 0.29) is 5.88 Å². The molecule has 0 radical (unpaired) electrons. The van der Waals surface area contributed by atoms with Crippen LogP contribution in [0.3, 0.4) is 0 Å². The van der Waals surface area contributed by atoms with E-state index >= 15 is 0 Å². The molecule has 0 spiro atoms. The van der Waals surface area contributed by atoms with Gasteiger partial charge < -0.3 is 9.47 Å². The van der Waals surface area contributed by atoms with E-state index in [9.17, 15) is 9.59 Å². The maximum atomic E-state index is 12.4. The summed E-state index contributed by atoms with van der Waals surface area (Å²) in [6.07, 6.45) is 1.02. The van der Waals surface area contributed by atoms with Crippen molar-refractivity contribution in [3.63, 3.8) is 0 Å². The number of carbonyl (C=O) groups is 2. The fourth-order valence-corrected chi connectivity index (χ4v) is 2.68. The molecule has 1 unspecified atom stereocenters. The minimum Gasteiger partial charge on any atom is -0.467 e. The van der Waals surface area contributed by atoms with Crippen LogP contribution in [0, 0.1) is 0 Å². The molecule has 0 aliphatic carbocycles. The first-order valence-corrected chi connectivity index (χ1v) is 7.51. The molecule has 1 heterocycles. The summed E-state index contributed by atoms with van der Waals surface area (Å²) in [6, 6.07) is 0. The third-order valence-electron chi connectivity index (χ3n) is 3.40. The number of hydrogen-bond donors (Lipinski definition) is 0. The Kier molecular flexibility index (Phi) is 5.68. The van der Waals surface area contributed by atoms with Crippen LogP contribution in [0.15, 0.2) is 12.2 Å². The third-order valence-corrected chi connectivity index (χ3v) is 3.78. The number of likely N-dealkylation sites (tertiary alicyclic amines) is 1. The monoisotopic (exact) mass is 317 g/mol. The van der Waals surface area contributed by atoms with Crippen LogP contribution < -0.4 is 0 Å². The number of ether oxygens (including phenoxy) is 2. The average Bonchev–Trinajstić information content (AvgIpc) is 2.80. The lowest BCUT2D eigenvalue weighted by Crippen LogP contribution is -2.55. The van der Waals surface area contributed by atoms with Crippen LogP contribution in [-0.4, -0.2) is 47.6 Å². The number of hydrogen-bond acceptors (Lipinski definition) is 4. The van der Waals surface area contributed by atoms with E-state index in [1.807, 2.05) is 0 Å². The van der Waals surface area contributed by atoms with E-state index in [2.05, 4.69) is 6.58 Å². The quantitative estimate of drug-likeness (QED) is 0.454. The standard InChI is InChI=1S/C15H24ClNO4/c1-11(10-16)9-15(12(18)20-5)7-6-8-17(15)13(19)21-14(2,3)4/h1,6-10H2,2-5H3. The van der Waals surface area contributed by atoms with Gasteiger partial charge in [-0.05, 0) is 33.6 Å². The van der Waals surface area contributed by atoms with E-state index in [4.69, 9.17) is 21.1 Å². The average molecular weight is 318 g/mol. The number of nitrogens with zero attached hydrogens (tertiary/aromatic N) is 1. The molecule has 0 bridgehead atoms. The summed E-state index contributed by atoms with van der Waals surface area (Å²) in [4.78, 5) is 26.2. The molecule has 1 atom stereocenters. The predicted molar refractivity (Wildman–Crippen MR) is 81.4 cm³/mol. The van der Waals surface area contributed by atoms with Gasteiger partial charge in [0.1, 0.15) is 11.1 Å².